The Morgan fingerprint density at radius 1 is 1.16 bits per heavy atom. The SMILES string of the molecule is BNC(=O)OCC(CCCCCCN(C)C)S(=O)(=O)c1ccccc1. The summed E-state index contributed by atoms with van der Waals surface area (Å²) in [4.78, 5) is 13.7. The van der Waals surface area contributed by atoms with E-state index in [1.54, 1.807) is 30.3 Å². The lowest BCUT2D eigenvalue weighted by molar-refractivity contribution is 0.151. The molecule has 0 spiro atoms. The molecule has 0 aromatic heterocycles. The van der Waals surface area contributed by atoms with Gasteiger partial charge in [0.1, 0.15) is 11.9 Å². The predicted molar refractivity (Wildman–Crippen MR) is 102 cm³/mol. The van der Waals surface area contributed by atoms with Crippen molar-refractivity contribution in [1.29, 1.82) is 0 Å². The number of nitrogens with zero attached hydrogens (tertiary/aromatic N) is 1. The molecule has 0 bridgehead atoms. The molecule has 1 N–H and O–H groups in total. The van der Waals surface area contributed by atoms with Gasteiger partial charge in [-0.1, -0.05) is 37.5 Å². The first-order chi connectivity index (χ1) is 11.9. The highest BCUT2D eigenvalue weighted by Gasteiger charge is 2.28. The lowest BCUT2D eigenvalue weighted by Crippen LogP contribution is -2.31. The number of ether oxygens (including phenoxy) is 1. The van der Waals surface area contributed by atoms with Crippen LogP contribution in [0.4, 0.5) is 4.79 Å². The van der Waals surface area contributed by atoms with E-state index in [2.05, 4.69) is 10.1 Å². The zero-order valence-corrected chi connectivity index (χ0v) is 16.2. The predicted octanol–water partition coefficient (Wildman–Crippen LogP) is 1.62. The van der Waals surface area contributed by atoms with Crippen molar-refractivity contribution in [2.75, 3.05) is 27.2 Å². The zero-order valence-electron chi connectivity index (χ0n) is 15.4. The van der Waals surface area contributed by atoms with Crippen molar-refractivity contribution >= 4 is 23.9 Å². The van der Waals surface area contributed by atoms with Gasteiger partial charge in [0.2, 0.25) is 7.98 Å². The largest absolute Gasteiger partial charge is 0.449 e. The van der Waals surface area contributed by atoms with Gasteiger partial charge in [0.25, 0.3) is 0 Å². The molecule has 0 aliphatic rings. The molecule has 1 aromatic rings. The van der Waals surface area contributed by atoms with Crippen molar-refractivity contribution in [2.45, 2.75) is 42.2 Å². The minimum Gasteiger partial charge on any atom is -0.449 e. The molecule has 0 saturated heterocycles. The molecule has 140 valence electrons. The average molecular weight is 368 g/mol. The Morgan fingerprint density at radius 2 is 1.80 bits per heavy atom. The number of hydrogen-bond acceptors (Lipinski definition) is 5. The molecule has 1 rings (SSSR count). The number of sulfone groups is 1. The van der Waals surface area contributed by atoms with Gasteiger partial charge in [0.05, 0.1) is 4.90 Å². The van der Waals surface area contributed by atoms with Crippen LogP contribution in [-0.4, -0.2) is 59.9 Å². The Balaban J connectivity index is 2.65. The van der Waals surface area contributed by atoms with Crippen molar-refractivity contribution in [3.63, 3.8) is 0 Å². The number of carbonyl (C=O) groups is 1. The van der Waals surface area contributed by atoms with Gasteiger partial charge in [-0.2, -0.15) is 0 Å². The fourth-order valence-corrected chi connectivity index (χ4v) is 4.17. The second kappa shape index (κ2) is 11.2. The lowest BCUT2D eigenvalue weighted by atomic mass is 10.1. The smallest absolute Gasteiger partial charge is 0.394 e. The highest BCUT2D eigenvalue weighted by Crippen LogP contribution is 2.21. The van der Waals surface area contributed by atoms with Gasteiger partial charge in [-0.3, -0.25) is 0 Å². The van der Waals surface area contributed by atoms with Crippen molar-refractivity contribution < 1.29 is 17.9 Å². The molecule has 0 saturated carbocycles. The Bertz CT molecular complexity index is 608. The number of rotatable bonds is 11. The van der Waals surface area contributed by atoms with E-state index in [0.717, 1.165) is 32.2 Å². The van der Waals surface area contributed by atoms with Crippen molar-refractivity contribution in [3.8, 4) is 0 Å². The van der Waals surface area contributed by atoms with Gasteiger partial charge in [-0.15, -0.1) is 0 Å². The lowest BCUT2D eigenvalue weighted by Gasteiger charge is -2.18. The second-order valence-electron chi connectivity index (χ2n) is 6.33. The van der Waals surface area contributed by atoms with E-state index in [1.165, 1.54) is 7.98 Å². The molecule has 1 amide bonds. The number of amides is 1. The molecule has 1 aromatic carbocycles. The molecule has 1 atom stereocenters. The summed E-state index contributed by atoms with van der Waals surface area (Å²) >= 11 is 0. The summed E-state index contributed by atoms with van der Waals surface area (Å²) in [6, 6.07) is 8.34. The van der Waals surface area contributed by atoms with Gasteiger partial charge < -0.3 is 14.9 Å². The van der Waals surface area contributed by atoms with Crippen LogP contribution in [0.5, 0.6) is 0 Å². The van der Waals surface area contributed by atoms with Gasteiger partial charge in [-0.05, 0) is 45.6 Å². The quantitative estimate of drug-likeness (QED) is 0.475. The third-order valence-corrected chi connectivity index (χ3v) is 6.18. The van der Waals surface area contributed by atoms with Crippen LogP contribution >= 0.6 is 0 Å². The third kappa shape index (κ3) is 7.92. The van der Waals surface area contributed by atoms with Crippen LogP contribution in [0.25, 0.3) is 0 Å². The van der Waals surface area contributed by atoms with E-state index in [1.807, 2.05) is 14.1 Å². The number of carbonyl (C=O) groups excluding carboxylic acids is 1. The van der Waals surface area contributed by atoms with Crippen LogP contribution in [0.2, 0.25) is 0 Å². The maximum absolute atomic E-state index is 12.8. The highest BCUT2D eigenvalue weighted by molar-refractivity contribution is 7.92. The van der Waals surface area contributed by atoms with Crippen molar-refractivity contribution in [2.24, 2.45) is 0 Å². The Labute approximate surface area is 152 Å². The fourth-order valence-electron chi connectivity index (χ4n) is 2.53. The standard InChI is InChI=1S/C17H29BN2O4S/c1-20(2)13-9-4-3-6-12-16(14-24-17(21)19-18)25(22,23)15-10-7-5-8-11-15/h5,7-8,10-11,16H,3-4,6,9,12-14,18H2,1-2H3,(H,19,21). The van der Waals surface area contributed by atoms with Crippen LogP contribution in [0, 0.1) is 0 Å². The summed E-state index contributed by atoms with van der Waals surface area (Å²) in [6.45, 7) is 0.903. The Hall–Kier alpha value is -1.54. The van der Waals surface area contributed by atoms with E-state index in [-0.39, 0.29) is 11.5 Å². The molecular weight excluding hydrogens is 339 g/mol. The summed E-state index contributed by atoms with van der Waals surface area (Å²) in [5.74, 6) is 0. The van der Waals surface area contributed by atoms with Crippen molar-refractivity contribution in [3.05, 3.63) is 30.3 Å². The normalized spacial score (nSPS) is 12.8. The van der Waals surface area contributed by atoms with Crippen LogP contribution < -0.4 is 5.23 Å². The molecule has 8 heteroatoms. The third-order valence-electron chi connectivity index (χ3n) is 4.00. The van der Waals surface area contributed by atoms with Crippen LogP contribution in [-0.2, 0) is 14.6 Å². The van der Waals surface area contributed by atoms with E-state index >= 15 is 0 Å². The fraction of sp³-hybridized carbons (Fsp3) is 0.588. The number of nitrogens with one attached hydrogen (secondary N) is 1. The Kier molecular flexibility index (Phi) is 9.59. The monoisotopic (exact) mass is 368 g/mol. The summed E-state index contributed by atoms with van der Waals surface area (Å²) in [5, 5.41) is 1.62. The molecule has 0 aliphatic heterocycles. The van der Waals surface area contributed by atoms with Crippen LogP contribution in [0.15, 0.2) is 35.2 Å². The first kappa shape index (κ1) is 21.5. The summed E-state index contributed by atoms with van der Waals surface area (Å²) < 4.78 is 30.7. The molecule has 0 fully saturated rings. The van der Waals surface area contributed by atoms with Crippen LogP contribution in [0.1, 0.15) is 32.1 Å². The molecule has 25 heavy (non-hydrogen) atoms. The first-order valence-electron chi connectivity index (χ1n) is 8.66. The van der Waals surface area contributed by atoms with E-state index < -0.39 is 21.2 Å². The van der Waals surface area contributed by atoms with Gasteiger partial charge in [0, 0.05) is 0 Å². The number of benzene rings is 1. The maximum atomic E-state index is 12.8. The van der Waals surface area contributed by atoms with Crippen molar-refractivity contribution in [1.82, 2.24) is 10.1 Å². The second-order valence-corrected chi connectivity index (χ2v) is 8.56. The minimum absolute atomic E-state index is 0.130. The molecule has 0 radical (unpaired) electrons. The van der Waals surface area contributed by atoms with E-state index in [4.69, 9.17) is 4.74 Å². The van der Waals surface area contributed by atoms with Gasteiger partial charge in [-0.25, -0.2) is 13.2 Å². The summed E-state index contributed by atoms with van der Waals surface area (Å²) in [6.07, 6.45) is 3.79. The van der Waals surface area contributed by atoms with E-state index in [0.29, 0.717) is 6.42 Å². The summed E-state index contributed by atoms with van der Waals surface area (Å²) in [7, 11) is 2.01. The van der Waals surface area contributed by atoms with Gasteiger partial charge in [0.15, 0.2) is 9.84 Å². The number of hydrogen-bond donors (Lipinski definition) is 1. The average Bonchev–Trinajstić information content (AvgIpc) is 2.60. The Morgan fingerprint density at radius 3 is 2.40 bits per heavy atom. The topological polar surface area (TPSA) is 75.7 Å². The molecule has 0 aliphatic carbocycles. The zero-order chi connectivity index (χ0) is 18.7. The number of unbranched alkanes of at least 4 members (excludes halogenated alkanes) is 3. The maximum Gasteiger partial charge on any atom is 0.394 e. The molecular formula is C17H29BN2O4S. The molecule has 1 unspecified atom stereocenters. The van der Waals surface area contributed by atoms with E-state index in [9.17, 15) is 13.2 Å². The molecule has 0 heterocycles. The van der Waals surface area contributed by atoms with Gasteiger partial charge >= 0.3 is 6.09 Å². The highest BCUT2D eigenvalue weighted by atomic mass is 32.2. The summed E-state index contributed by atoms with van der Waals surface area (Å²) in [5.41, 5.74) is 0. The molecule has 6 nitrogen and oxygen atoms in total. The minimum atomic E-state index is -3.52. The van der Waals surface area contributed by atoms with Crippen LogP contribution in [0.3, 0.4) is 0 Å². The first-order valence-corrected chi connectivity index (χ1v) is 10.2.